The van der Waals surface area contributed by atoms with E-state index in [-0.39, 0.29) is 11.7 Å². The van der Waals surface area contributed by atoms with Crippen LogP contribution in [0.5, 0.6) is 23.0 Å². The molecule has 1 aliphatic rings. The molecule has 0 unspecified atom stereocenters. The average Bonchev–Trinajstić information content (AvgIpc) is 3.35. The van der Waals surface area contributed by atoms with Gasteiger partial charge in [0, 0.05) is 24.8 Å². The van der Waals surface area contributed by atoms with E-state index in [4.69, 9.17) is 18.9 Å². The molecule has 0 fully saturated rings. The summed E-state index contributed by atoms with van der Waals surface area (Å²) in [7, 11) is 6.21. The highest BCUT2D eigenvalue weighted by molar-refractivity contribution is 6.00. The summed E-state index contributed by atoms with van der Waals surface area (Å²) < 4.78 is 21.8. The fourth-order valence-corrected chi connectivity index (χ4v) is 4.10. The molecule has 0 bridgehead atoms. The van der Waals surface area contributed by atoms with Crippen molar-refractivity contribution >= 4 is 5.91 Å². The number of ether oxygens (including phenoxy) is 4. The van der Waals surface area contributed by atoms with Gasteiger partial charge in [0.15, 0.2) is 11.5 Å². The number of phenols is 1. The quantitative estimate of drug-likeness (QED) is 0.556. The Morgan fingerprint density at radius 3 is 2.34 bits per heavy atom. The Balaban J connectivity index is 1.94. The fraction of sp³-hybridized carbons (Fsp3) is 0.304. The third kappa shape index (κ3) is 3.40. The molecule has 9 heteroatoms. The van der Waals surface area contributed by atoms with Gasteiger partial charge in [-0.15, -0.1) is 0 Å². The molecule has 4 rings (SSSR count). The van der Waals surface area contributed by atoms with Gasteiger partial charge >= 0.3 is 0 Å². The summed E-state index contributed by atoms with van der Waals surface area (Å²) in [5.74, 6) is 1.28. The molecule has 0 saturated heterocycles. The van der Waals surface area contributed by atoms with E-state index in [0.29, 0.717) is 52.9 Å². The predicted molar refractivity (Wildman–Crippen MR) is 117 cm³/mol. The molecule has 2 aromatic carbocycles. The molecule has 1 aromatic heterocycles. The number of nitrogens with zero attached hydrogens (tertiary/aromatic N) is 2. The number of aromatic amines is 1. The minimum absolute atomic E-state index is 0.0771. The highest BCUT2D eigenvalue weighted by Gasteiger charge is 2.43. The number of hydrogen-bond donors (Lipinski definition) is 2. The number of aromatic nitrogens is 2. The van der Waals surface area contributed by atoms with Crippen LogP contribution in [-0.2, 0) is 4.74 Å². The van der Waals surface area contributed by atoms with E-state index in [1.54, 1.807) is 44.4 Å². The first-order chi connectivity index (χ1) is 15.5. The van der Waals surface area contributed by atoms with Crippen molar-refractivity contribution < 1.29 is 28.8 Å². The van der Waals surface area contributed by atoms with Gasteiger partial charge in [0.1, 0.15) is 17.1 Å². The number of carbonyl (C=O) groups excluding carboxylic acids is 1. The zero-order chi connectivity index (χ0) is 22.8. The van der Waals surface area contributed by atoms with Crippen molar-refractivity contribution in [1.29, 1.82) is 0 Å². The normalized spacial score (nSPS) is 15.1. The molecule has 0 aliphatic carbocycles. The Morgan fingerprint density at radius 2 is 1.75 bits per heavy atom. The van der Waals surface area contributed by atoms with Gasteiger partial charge in [0.25, 0.3) is 5.91 Å². The molecule has 1 aliphatic heterocycles. The molecule has 1 amide bonds. The van der Waals surface area contributed by atoms with Crippen LogP contribution in [0.1, 0.15) is 27.7 Å². The lowest BCUT2D eigenvalue weighted by Gasteiger charge is -2.27. The summed E-state index contributed by atoms with van der Waals surface area (Å²) >= 11 is 0. The van der Waals surface area contributed by atoms with Crippen LogP contribution < -0.4 is 14.2 Å². The Hall–Kier alpha value is -3.72. The topological polar surface area (TPSA) is 106 Å². The molecule has 0 saturated carbocycles. The number of phenolic OH excluding ortho intramolecular Hbond substituents is 1. The van der Waals surface area contributed by atoms with Crippen LogP contribution in [0.3, 0.4) is 0 Å². The van der Waals surface area contributed by atoms with Crippen LogP contribution in [0.15, 0.2) is 36.4 Å². The van der Waals surface area contributed by atoms with Gasteiger partial charge in [-0.2, -0.15) is 5.10 Å². The van der Waals surface area contributed by atoms with Crippen molar-refractivity contribution in [2.24, 2.45) is 0 Å². The van der Waals surface area contributed by atoms with Gasteiger partial charge in [-0.3, -0.25) is 9.89 Å². The predicted octanol–water partition coefficient (Wildman–Crippen LogP) is 3.00. The van der Waals surface area contributed by atoms with Crippen molar-refractivity contribution in [3.8, 4) is 34.3 Å². The van der Waals surface area contributed by atoms with Crippen LogP contribution in [0.25, 0.3) is 11.3 Å². The smallest absolute Gasteiger partial charge is 0.273 e. The maximum Gasteiger partial charge on any atom is 0.273 e. The first-order valence-corrected chi connectivity index (χ1v) is 10.0. The maximum atomic E-state index is 13.3. The largest absolute Gasteiger partial charge is 0.507 e. The molecule has 3 aromatic rings. The van der Waals surface area contributed by atoms with E-state index in [1.807, 2.05) is 18.2 Å². The van der Waals surface area contributed by atoms with Gasteiger partial charge in [-0.25, -0.2) is 0 Å². The summed E-state index contributed by atoms with van der Waals surface area (Å²) in [6.45, 7) is 0.718. The van der Waals surface area contributed by atoms with Gasteiger partial charge in [0.05, 0.1) is 34.0 Å². The Morgan fingerprint density at radius 1 is 1.06 bits per heavy atom. The standard InChI is InChI=1S/C23H25N3O6/c1-29-10-9-26-21(13-11-16(30-2)22(32-4)17(12-13)31-3)18-19(24-25-20(18)23(26)28)14-7-5-6-8-15(14)27/h5-8,11-12,21,27H,9-10H2,1-4H3,(H,24,25)/t21-/m1/s1. The van der Waals surface area contributed by atoms with Crippen LogP contribution in [0.4, 0.5) is 0 Å². The Labute approximate surface area is 185 Å². The minimum atomic E-state index is -0.505. The van der Waals surface area contributed by atoms with E-state index in [2.05, 4.69) is 10.2 Å². The zero-order valence-electron chi connectivity index (χ0n) is 18.3. The second kappa shape index (κ2) is 8.80. The summed E-state index contributed by atoms with van der Waals surface area (Å²) in [5.41, 5.74) is 2.83. The molecule has 32 heavy (non-hydrogen) atoms. The number of amides is 1. The van der Waals surface area contributed by atoms with Crippen molar-refractivity contribution in [2.45, 2.75) is 6.04 Å². The molecule has 1 atom stereocenters. The number of nitrogens with one attached hydrogen (secondary N) is 1. The third-order valence-corrected chi connectivity index (χ3v) is 5.56. The summed E-state index contributed by atoms with van der Waals surface area (Å²) in [6.07, 6.45) is 0. The molecule has 168 valence electrons. The van der Waals surface area contributed by atoms with Crippen molar-refractivity contribution in [1.82, 2.24) is 15.1 Å². The highest BCUT2D eigenvalue weighted by Crippen LogP contribution is 2.48. The molecule has 9 nitrogen and oxygen atoms in total. The van der Waals surface area contributed by atoms with Gasteiger partial charge in [-0.05, 0) is 29.8 Å². The van der Waals surface area contributed by atoms with Crippen molar-refractivity contribution in [3.63, 3.8) is 0 Å². The number of rotatable bonds is 8. The SMILES string of the molecule is COCCN1C(=O)c2[nH]nc(-c3ccccc3O)c2[C@H]1c1cc(OC)c(OC)c(OC)c1. The van der Waals surface area contributed by atoms with E-state index < -0.39 is 6.04 Å². The van der Waals surface area contributed by atoms with Gasteiger partial charge in [0.2, 0.25) is 5.75 Å². The van der Waals surface area contributed by atoms with Crippen LogP contribution in [-0.4, -0.2) is 67.7 Å². The van der Waals surface area contributed by atoms with Crippen molar-refractivity contribution in [3.05, 3.63) is 53.2 Å². The number of aromatic hydroxyl groups is 1. The average molecular weight is 439 g/mol. The number of hydrogen-bond acceptors (Lipinski definition) is 7. The van der Waals surface area contributed by atoms with E-state index >= 15 is 0 Å². The third-order valence-electron chi connectivity index (χ3n) is 5.56. The van der Waals surface area contributed by atoms with Gasteiger partial charge in [-0.1, -0.05) is 12.1 Å². The number of benzene rings is 2. The number of para-hydroxylation sites is 1. The fourth-order valence-electron chi connectivity index (χ4n) is 4.10. The maximum absolute atomic E-state index is 13.3. The van der Waals surface area contributed by atoms with Crippen molar-refractivity contribution in [2.75, 3.05) is 41.6 Å². The molecule has 2 N–H and O–H groups in total. The monoisotopic (exact) mass is 439 g/mol. The first kappa shape index (κ1) is 21.5. The Bertz CT molecular complexity index is 1120. The summed E-state index contributed by atoms with van der Waals surface area (Å²) in [5, 5.41) is 17.7. The second-order valence-electron chi connectivity index (χ2n) is 7.23. The van der Waals surface area contributed by atoms with E-state index in [0.717, 1.165) is 5.56 Å². The van der Waals surface area contributed by atoms with Crippen LogP contribution >= 0.6 is 0 Å². The first-order valence-electron chi connectivity index (χ1n) is 10.0. The second-order valence-corrected chi connectivity index (χ2v) is 7.23. The summed E-state index contributed by atoms with van der Waals surface area (Å²) in [6, 6.07) is 10.0. The highest BCUT2D eigenvalue weighted by atomic mass is 16.5. The number of fused-ring (bicyclic) bond motifs is 1. The van der Waals surface area contributed by atoms with E-state index in [9.17, 15) is 9.90 Å². The lowest BCUT2D eigenvalue weighted by molar-refractivity contribution is 0.0677. The number of H-pyrrole nitrogens is 1. The molecular weight excluding hydrogens is 414 g/mol. The van der Waals surface area contributed by atoms with Gasteiger partial charge < -0.3 is 29.0 Å². The zero-order valence-corrected chi connectivity index (χ0v) is 18.3. The molecule has 0 spiro atoms. The lowest BCUT2D eigenvalue weighted by atomic mass is 9.95. The summed E-state index contributed by atoms with van der Waals surface area (Å²) in [4.78, 5) is 15.0. The number of carbonyl (C=O) groups is 1. The van der Waals surface area contributed by atoms with Crippen LogP contribution in [0, 0.1) is 0 Å². The lowest BCUT2D eigenvalue weighted by Crippen LogP contribution is -2.32. The molecular formula is C23H25N3O6. The van der Waals surface area contributed by atoms with Crippen LogP contribution in [0.2, 0.25) is 0 Å². The number of methoxy groups -OCH3 is 4. The van der Waals surface area contributed by atoms with E-state index in [1.165, 1.54) is 7.11 Å². The molecule has 0 radical (unpaired) electrons. The molecule has 2 heterocycles. The Kier molecular flexibility index (Phi) is 5.91. The minimum Gasteiger partial charge on any atom is -0.507 e.